The van der Waals surface area contributed by atoms with Crippen molar-refractivity contribution in [3.05, 3.63) is 77.6 Å². The zero-order valence-corrected chi connectivity index (χ0v) is 20.7. The van der Waals surface area contributed by atoms with Crippen molar-refractivity contribution in [1.29, 1.82) is 0 Å². The third kappa shape index (κ3) is 6.05. The fraction of sp³-hybridized carbons (Fsp3) is 0.269. The zero-order chi connectivity index (χ0) is 24.8. The molecule has 1 aliphatic rings. The number of aliphatic imine (C=N–C) groups is 1. The molecule has 182 valence electrons. The molecule has 0 fully saturated rings. The van der Waals surface area contributed by atoms with Crippen LogP contribution in [0.25, 0.3) is 11.8 Å². The molecule has 1 aliphatic heterocycles. The molecule has 0 bridgehead atoms. The number of aromatic nitrogens is 2. The van der Waals surface area contributed by atoms with E-state index in [9.17, 15) is 13.2 Å². The molecule has 8 nitrogen and oxygen atoms in total. The summed E-state index contributed by atoms with van der Waals surface area (Å²) in [4.78, 5) is 16.9. The summed E-state index contributed by atoms with van der Waals surface area (Å²) in [6.07, 6.45) is 6.76. The number of aryl methyl sites for hydroxylation is 1. The Morgan fingerprint density at radius 1 is 1.00 bits per heavy atom. The third-order valence-corrected chi connectivity index (χ3v) is 7.21. The Labute approximate surface area is 205 Å². The summed E-state index contributed by atoms with van der Waals surface area (Å²) >= 11 is 0. The molecule has 0 atom stereocenters. The van der Waals surface area contributed by atoms with Crippen LogP contribution in [-0.4, -0.2) is 36.5 Å². The molecule has 3 aromatic rings. The van der Waals surface area contributed by atoms with E-state index in [0.717, 1.165) is 41.9 Å². The minimum Gasteiger partial charge on any atom is -0.323 e. The number of sulfonamides is 1. The van der Waals surface area contributed by atoms with Gasteiger partial charge in [-0.05, 0) is 69.2 Å². The molecule has 0 saturated carbocycles. The van der Waals surface area contributed by atoms with E-state index in [1.165, 1.54) is 18.2 Å². The van der Waals surface area contributed by atoms with Gasteiger partial charge in [-0.15, -0.1) is 0 Å². The SMILES string of the molecule is Cc1nn(-c2ccccc2)c(C)c1/C=C/C(=O)Nc1ccc(S(=O)(=O)NC2=NCCCCC2)cc1. The predicted octanol–water partition coefficient (Wildman–Crippen LogP) is 4.39. The van der Waals surface area contributed by atoms with Gasteiger partial charge in [0.05, 0.1) is 16.3 Å². The highest BCUT2D eigenvalue weighted by Gasteiger charge is 2.17. The largest absolute Gasteiger partial charge is 0.323 e. The third-order valence-electron chi connectivity index (χ3n) is 5.81. The van der Waals surface area contributed by atoms with Crippen molar-refractivity contribution < 1.29 is 13.2 Å². The van der Waals surface area contributed by atoms with Gasteiger partial charge in [0.15, 0.2) is 0 Å². The Bertz CT molecular complexity index is 1360. The second-order valence-corrected chi connectivity index (χ2v) is 10.1. The summed E-state index contributed by atoms with van der Waals surface area (Å²) in [6, 6.07) is 15.9. The first-order chi connectivity index (χ1) is 16.8. The maximum atomic E-state index is 12.7. The van der Waals surface area contributed by atoms with Crippen molar-refractivity contribution in [2.45, 2.75) is 44.4 Å². The Balaban J connectivity index is 1.41. The molecule has 0 unspecified atom stereocenters. The fourth-order valence-corrected chi connectivity index (χ4v) is 5.04. The lowest BCUT2D eigenvalue weighted by molar-refractivity contribution is -0.111. The first kappa shape index (κ1) is 24.4. The molecule has 1 aromatic heterocycles. The van der Waals surface area contributed by atoms with Gasteiger partial charge in [0.1, 0.15) is 5.84 Å². The van der Waals surface area contributed by atoms with Crippen LogP contribution in [0.3, 0.4) is 0 Å². The number of amides is 1. The van der Waals surface area contributed by atoms with Gasteiger partial charge >= 0.3 is 0 Å². The number of hydrogen-bond acceptors (Lipinski definition) is 5. The average molecular weight is 492 g/mol. The van der Waals surface area contributed by atoms with Crippen molar-refractivity contribution in [3.8, 4) is 5.69 Å². The maximum Gasteiger partial charge on any atom is 0.262 e. The molecule has 1 amide bonds. The van der Waals surface area contributed by atoms with Crippen LogP contribution in [0.4, 0.5) is 5.69 Å². The Morgan fingerprint density at radius 2 is 1.74 bits per heavy atom. The highest BCUT2D eigenvalue weighted by Crippen LogP contribution is 2.20. The first-order valence-corrected chi connectivity index (χ1v) is 13.1. The summed E-state index contributed by atoms with van der Waals surface area (Å²) < 4.78 is 29.8. The van der Waals surface area contributed by atoms with Gasteiger partial charge < -0.3 is 5.32 Å². The van der Waals surface area contributed by atoms with Crippen LogP contribution in [0.2, 0.25) is 0 Å². The zero-order valence-electron chi connectivity index (χ0n) is 19.9. The second kappa shape index (κ2) is 10.7. The van der Waals surface area contributed by atoms with E-state index in [1.807, 2.05) is 48.9 Å². The van der Waals surface area contributed by atoms with Gasteiger partial charge in [0.2, 0.25) is 5.91 Å². The van der Waals surface area contributed by atoms with Crippen LogP contribution in [0.1, 0.15) is 42.6 Å². The van der Waals surface area contributed by atoms with Gasteiger partial charge in [0.25, 0.3) is 10.0 Å². The number of anilines is 1. The smallest absolute Gasteiger partial charge is 0.262 e. The van der Waals surface area contributed by atoms with E-state index in [4.69, 9.17) is 0 Å². The number of nitrogens with one attached hydrogen (secondary N) is 2. The van der Waals surface area contributed by atoms with Crippen molar-refractivity contribution in [1.82, 2.24) is 14.5 Å². The van der Waals surface area contributed by atoms with Crippen molar-refractivity contribution in [3.63, 3.8) is 0 Å². The van der Waals surface area contributed by atoms with Crippen molar-refractivity contribution in [2.75, 3.05) is 11.9 Å². The number of nitrogens with zero attached hydrogens (tertiary/aromatic N) is 3. The molecule has 35 heavy (non-hydrogen) atoms. The molecule has 2 heterocycles. The van der Waals surface area contributed by atoms with Gasteiger partial charge in [-0.25, -0.2) is 13.1 Å². The molecule has 2 aromatic carbocycles. The van der Waals surface area contributed by atoms with Gasteiger partial charge in [-0.2, -0.15) is 5.10 Å². The summed E-state index contributed by atoms with van der Waals surface area (Å²) in [5, 5.41) is 7.35. The molecular weight excluding hydrogens is 462 g/mol. The van der Waals surface area contributed by atoms with Crippen LogP contribution in [-0.2, 0) is 14.8 Å². The number of carbonyl (C=O) groups is 1. The monoisotopic (exact) mass is 491 g/mol. The molecule has 0 radical (unpaired) electrons. The number of amidine groups is 1. The number of carbonyl (C=O) groups excluding carboxylic acids is 1. The van der Waals surface area contributed by atoms with Gasteiger partial charge in [-0.3, -0.25) is 14.5 Å². The first-order valence-electron chi connectivity index (χ1n) is 11.6. The Hall–Kier alpha value is -3.72. The summed E-state index contributed by atoms with van der Waals surface area (Å²) in [5.74, 6) is 0.184. The quantitative estimate of drug-likeness (QED) is 0.499. The van der Waals surface area contributed by atoms with E-state index in [-0.39, 0.29) is 10.8 Å². The van der Waals surface area contributed by atoms with Crippen LogP contribution in [0, 0.1) is 13.8 Å². The highest BCUT2D eigenvalue weighted by molar-refractivity contribution is 7.90. The Kier molecular flexibility index (Phi) is 7.45. The van der Waals surface area contributed by atoms with E-state index in [1.54, 1.807) is 18.2 Å². The average Bonchev–Trinajstić information content (AvgIpc) is 2.99. The summed E-state index contributed by atoms with van der Waals surface area (Å²) in [5.41, 5.74) is 4.07. The van der Waals surface area contributed by atoms with Crippen LogP contribution in [0.15, 0.2) is 70.6 Å². The molecule has 0 aliphatic carbocycles. The minimum absolute atomic E-state index is 0.123. The number of para-hydroxylation sites is 1. The molecule has 4 rings (SSSR count). The molecule has 9 heteroatoms. The number of hydrogen-bond donors (Lipinski definition) is 2. The normalized spacial score (nSPS) is 14.4. The lowest BCUT2D eigenvalue weighted by atomic mass is 10.2. The van der Waals surface area contributed by atoms with Crippen molar-refractivity contribution >= 4 is 33.5 Å². The number of benzene rings is 2. The van der Waals surface area contributed by atoms with E-state index >= 15 is 0 Å². The van der Waals surface area contributed by atoms with E-state index in [2.05, 4.69) is 20.1 Å². The predicted molar refractivity (Wildman–Crippen MR) is 138 cm³/mol. The standard InChI is InChI=1S/C26H29N5O3S/c1-19-24(20(2)31(29-19)22-9-5-3-6-10-22)16-17-26(32)28-21-12-14-23(15-13-21)35(33,34)30-25-11-7-4-8-18-27-25/h3,5-6,9-10,12-17H,4,7-8,11,18H2,1-2H3,(H,27,30)(H,28,32)/b17-16+. The highest BCUT2D eigenvalue weighted by atomic mass is 32.2. The second-order valence-electron chi connectivity index (χ2n) is 8.42. The summed E-state index contributed by atoms with van der Waals surface area (Å²) in [6.45, 7) is 4.50. The Morgan fingerprint density at radius 3 is 2.49 bits per heavy atom. The summed E-state index contributed by atoms with van der Waals surface area (Å²) in [7, 11) is -3.71. The van der Waals surface area contributed by atoms with Crippen LogP contribution in [0.5, 0.6) is 0 Å². The van der Waals surface area contributed by atoms with Gasteiger partial charge in [-0.1, -0.05) is 24.6 Å². The topological polar surface area (TPSA) is 105 Å². The van der Waals surface area contributed by atoms with Crippen LogP contribution >= 0.6 is 0 Å². The molecule has 0 saturated heterocycles. The van der Waals surface area contributed by atoms with Crippen molar-refractivity contribution in [2.24, 2.45) is 4.99 Å². The minimum atomic E-state index is -3.71. The number of rotatable bonds is 6. The van der Waals surface area contributed by atoms with E-state index in [0.29, 0.717) is 24.5 Å². The molecule has 2 N–H and O–H groups in total. The lowest BCUT2D eigenvalue weighted by Gasteiger charge is -2.10. The molecular formula is C26H29N5O3S. The fourth-order valence-electron chi connectivity index (χ4n) is 3.95. The lowest BCUT2D eigenvalue weighted by Crippen LogP contribution is -2.30. The van der Waals surface area contributed by atoms with E-state index < -0.39 is 10.0 Å². The van der Waals surface area contributed by atoms with Gasteiger partial charge in [0, 0.05) is 36.0 Å². The maximum absolute atomic E-state index is 12.7. The van der Waals surface area contributed by atoms with Crippen LogP contribution < -0.4 is 10.0 Å². The molecule has 0 spiro atoms.